The first-order chi connectivity index (χ1) is 14.3. The van der Waals surface area contributed by atoms with Crippen molar-refractivity contribution in [1.82, 2.24) is 4.90 Å². The summed E-state index contributed by atoms with van der Waals surface area (Å²) in [5.74, 6) is 0. The van der Waals surface area contributed by atoms with E-state index >= 15 is 0 Å². The highest BCUT2D eigenvalue weighted by Crippen LogP contribution is 2.37. The number of hydrogen-bond acceptors (Lipinski definition) is 4. The Morgan fingerprint density at radius 2 is 1.58 bits per heavy atom. The number of anilines is 1. The molecule has 1 amide bonds. The molecule has 1 aliphatic rings. The Bertz CT molecular complexity index is 1040. The Balaban J connectivity index is 1.79. The summed E-state index contributed by atoms with van der Waals surface area (Å²) in [5.41, 5.74) is 1.17. The zero-order chi connectivity index (χ0) is 23.1. The minimum Gasteiger partial charge on any atom is -0.426 e. The molecule has 1 saturated heterocycles. The Kier molecular flexibility index (Phi) is 6.00. The van der Waals surface area contributed by atoms with Crippen molar-refractivity contribution in [2.24, 2.45) is 0 Å². The van der Waals surface area contributed by atoms with Crippen molar-refractivity contribution in [2.75, 3.05) is 17.4 Å². The number of alkyl halides is 6. The lowest BCUT2D eigenvalue weighted by molar-refractivity contribution is -0.308. The Morgan fingerprint density at radius 1 is 1.03 bits per heavy atom. The first-order valence-electron chi connectivity index (χ1n) is 8.81. The molecule has 170 valence electrons. The van der Waals surface area contributed by atoms with Crippen LogP contribution in [0.4, 0.5) is 36.8 Å². The van der Waals surface area contributed by atoms with E-state index in [-0.39, 0.29) is 0 Å². The van der Waals surface area contributed by atoms with Gasteiger partial charge in [-0.2, -0.15) is 26.3 Å². The van der Waals surface area contributed by atoms with Crippen LogP contribution in [0.15, 0.2) is 36.4 Å². The fourth-order valence-corrected chi connectivity index (χ4v) is 4.07. The van der Waals surface area contributed by atoms with E-state index in [2.05, 4.69) is 4.74 Å². The molecule has 6 nitrogen and oxygen atoms in total. The molecule has 31 heavy (non-hydrogen) atoms. The summed E-state index contributed by atoms with van der Waals surface area (Å²) in [6.45, 7) is 0.978. The van der Waals surface area contributed by atoms with E-state index in [1.165, 1.54) is 0 Å². The number of rotatable bonds is 4. The summed E-state index contributed by atoms with van der Waals surface area (Å²) in [5, 5.41) is 1.37. The van der Waals surface area contributed by atoms with Crippen molar-refractivity contribution in [1.29, 1.82) is 0 Å². The average Bonchev–Trinajstić information content (AvgIpc) is 2.61. The van der Waals surface area contributed by atoms with Crippen LogP contribution < -0.4 is 4.31 Å². The maximum absolute atomic E-state index is 12.6. The molecule has 2 aromatic rings. The number of ether oxygens (including phenoxy) is 1. The molecule has 0 aliphatic carbocycles. The zero-order valence-electron chi connectivity index (χ0n) is 15.8. The van der Waals surface area contributed by atoms with E-state index in [0.717, 1.165) is 15.3 Å². The molecule has 0 bridgehead atoms. The first-order valence-corrected chi connectivity index (χ1v) is 9.94. The quantitative estimate of drug-likeness (QED) is 0.546. The molecular weight excluding hydrogens is 454 g/mol. The Labute approximate surface area is 174 Å². The Hall–Kier alpha value is -2.70. The highest BCUT2D eigenvalue weighted by atomic mass is 32.2. The molecule has 13 heteroatoms. The lowest BCUT2D eigenvalue weighted by Crippen LogP contribution is -2.62. The van der Waals surface area contributed by atoms with Crippen LogP contribution in [-0.2, 0) is 15.6 Å². The molecule has 0 atom stereocenters. The van der Waals surface area contributed by atoms with Crippen LogP contribution in [0.2, 0.25) is 0 Å². The number of thiol groups is 1. The van der Waals surface area contributed by atoms with Crippen LogP contribution in [0.5, 0.6) is 0 Å². The SMILES string of the molecule is Cc1ccc(N(C2CN(C(=O)OC(C(F)(F)F)C(F)(F)F)C2)[SH](=O)=O)c2ccccc12. The second-order valence-electron chi connectivity index (χ2n) is 6.94. The maximum Gasteiger partial charge on any atom is 0.434 e. The standard InChI is InChI=1S/C18H16F6N2O4S/c1-10-6-7-14(13-5-3-2-4-12(10)13)26(31(28)29)11-8-25(9-11)16(27)30-15(17(19,20)21)18(22,23)24/h2-7,11,15,31H,8-9H2,1H3. The number of halogens is 6. The third-order valence-corrected chi connectivity index (χ3v) is 5.72. The van der Waals surface area contributed by atoms with Crippen LogP contribution in [-0.4, -0.2) is 57.0 Å². The molecule has 0 N–H and O–H groups in total. The average molecular weight is 470 g/mol. The number of amides is 1. The van der Waals surface area contributed by atoms with Gasteiger partial charge >= 0.3 is 18.4 Å². The lowest BCUT2D eigenvalue weighted by atomic mass is 10.0. The van der Waals surface area contributed by atoms with Crippen molar-refractivity contribution in [3.63, 3.8) is 0 Å². The predicted molar refractivity (Wildman–Crippen MR) is 99.2 cm³/mol. The number of benzene rings is 2. The van der Waals surface area contributed by atoms with Crippen LogP contribution in [0.1, 0.15) is 5.56 Å². The maximum atomic E-state index is 12.6. The van der Waals surface area contributed by atoms with Gasteiger partial charge in [-0.25, -0.2) is 13.2 Å². The van der Waals surface area contributed by atoms with Gasteiger partial charge < -0.3 is 9.64 Å². The molecule has 3 rings (SSSR count). The largest absolute Gasteiger partial charge is 0.434 e. The lowest BCUT2D eigenvalue weighted by Gasteiger charge is -2.43. The topological polar surface area (TPSA) is 66.9 Å². The summed E-state index contributed by atoms with van der Waals surface area (Å²) in [6.07, 6.45) is -17.8. The van der Waals surface area contributed by atoms with Crippen LogP contribution >= 0.6 is 0 Å². The van der Waals surface area contributed by atoms with Crippen LogP contribution in [0.3, 0.4) is 0 Å². The third-order valence-electron chi connectivity index (χ3n) is 4.82. The minimum atomic E-state index is -5.83. The summed E-state index contributed by atoms with van der Waals surface area (Å²) >= 11 is 0. The van der Waals surface area contributed by atoms with Gasteiger partial charge in [-0.1, -0.05) is 30.3 Å². The monoisotopic (exact) mass is 470 g/mol. The fourth-order valence-electron chi connectivity index (χ4n) is 3.31. The van der Waals surface area contributed by atoms with Gasteiger partial charge in [0.1, 0.15) is 0 Å². The molecule has 1 heterocycles. The number of nitrogens with zero attached hydrogens (tertiary/aromatic N) is 2. The highest BCUT2D eigenvalue weighted by Gasteiger charge is 2.60. The smallest absolute Gasteiger partial charge is 0.426 e. The van der Waals surface area contributed by atoms with Gasteiger partial charge in [-0.15, -0.1) is 0 Å². The van der Waals surface area contributed by atoms with E-state index in [0.29, 0.717) is 16.0 Å². The fraction of sp³-hybridized carbons (Fsp3) is 0.389. The summed E-state index contributed by atoms with van der Waals surface area (Å²) in [7, 11) is -3.21. The van der Waals surface area contributed by atoms with Gasteiger partial charge in [-0.05, 0) is 23.9 Å². The van der Waals surface area contributed by atoms with Gasteiger partial charge in [0.25, 0.3) is 6.10 Å². The van der Waals surface area contributed by atoms with Crippen LogP contribution in [0, 0.1) is 6.92 Å². The van der Waals surface area contributed by atoms with Gasteiger partial charge in [0, 0.05) is 18.5 Å². The second kappa shape index (κ2) is 8.09. The van der Waals surface area contributed by atoms with E-state index in [9.17, 15) is 39.6 Å². The van der Waals surface area contributed by atoms with Gasteiger partial charge in [-0.3, -0.25) is 4.31 Å². The molecule has 0 unspecified atom stereocenters. The second-order valence-corrected chi connectivity index (χ2v) is 7.84. The third kappa shape index (κ3) is 4.65. The number of likely N-dealkylation sites (tertiary alicyclic amines) is 1. The highest BCUT2D eigenvalue weighted by molar-refractivity contribution is 7.74. The van der Waals surface area contributed by atoms with E-state index in [1.54, 1.807) is 36.4 Å². The number of carbonyl (C=O) groups is 1. The van der Waals surface area contributed by atoms with E-state index in [4.69, 9.17) is 0 Å². The molecule has 0 radical (unpaired) electrons. The first kappa shape index (κ1) is 23.0. The van der Waals surface area contributed by atoms with Crippen molar-refractivity contribution < 1.29 is 44.3 Å². The number of fused-ring (bicyclic) bond motifs is 1. The van der Waals surface area contributed by atoms with Crippen LogP contribution in [0.25, 0.3) is 10.8 Å². The normalized spacial score (nSPS) is 15.5. The zero-order valence-corrected chi connectivity index (χ0v) is 16.7. The van der Waals surface area contributed by atoms with Crippen molar-refractivity contribution in [2.45, 2.75) is 31.4 Å². The summed E-state index contributed by atoms with van der Waals surface area (Å²) in [6, 6.07) is 9.29. The van der Waals surface area contributed by atoms with Gasteiger partial charge in [0.05, 0.1) is 11.7 Å². The molecule has 0 aromatic heterocycles. The molecule has 0 saturated carbocycles. The number of hydrogen-bond donors (Lipinski definition) is 1. The summed E-state index contributed by atoms with van der Waals surface area (Å²) < 4.78 is 104. The van der Waals surface area contributed by atoms with Gasteiger partial charge in [0.2, 0.25) is 10.9 Å². The molecular formula is C18H16F6N2O4S. The van der Waals surface area contributed by atoms with Gasteiger partial charge in [0.15, 0.2) is 0 Å². The number of carbonyl (C=O) groups excluding carboxylic acids is 1. The molecule has 1 aliphatic heterocycles. The Morgan fingerprint density at radius 3 is 2.10 bits per heavy atom. The number of aryl methyl sites for hydroxylation is 1. The van der Waals surface area contributed by atoms with Crippen molar-refractivity contribution >= 4 is 33.4 Å². The van der Waals surface area contributed by atoms with Crippen molar-refractivity contribution in [3.05, 3.63) is 42.0 Å². The molecule has 0 spiro atoms. The predicted octanol–water partition coefficient (Wildman–Crippen LogP) is 3.80. The van der Waals surface area contributed by atoms with E-state index in [1.807, 2.05) is 6.92 Å². The van der Waals surface area contributed by atoms with Crippen molar-refractivity contribution in [3.8, 4) is 0 Å². The summed E-state index contributed by atoms with van der Waals surface area (Å²) in [4.78, 5) is 12.4. The molecule has 2 aromatic carbocycles. The van der Waals surface area contributed by atoms with E-state index < -0.39 is 54.6 Å². The molecule has 1 fully saturated rings. The minimum absolute atomic E-state index is 0.291.